The fourth-order valence-corrected chi connectivity index (χ4v) is 3.21. The fraction of sp³-hybridized carbons (Fsp3) is 0.143. The van der Waals surface area contributed by atoms with Crippen LogP contribution in [-0.4, -0.2) is 31.9 Å². The lowest BCUT2D eigenvalue weighted by Crippen LogP contribution is -2.15. The number of aromatic nitrogens is 4. The number of carbonyl (C=O) groups is 1. The van der Waals surface area contributed by atoms with E-state index in [2.05, 4.69) is 20.8 Å². The van der Waals surface area contributed by atoms with Crippen LogP contribution in [0.25, 0.3) is 0 Å². The summed E-state index contributed by atoms with van der Waals surface area (Å²) < 4.78 is 14.7. The van der Waals surface area contributed by atoms with Gasteiger partial charge >= 0.3 is 0 Å². The van der Waals surface area contributed by atoms with Gasteiger partial charge in [-0.2, -0.15) is 0 Å². The Morgan fingerprint density at radius 2 is 2.26 bits per heavy atom. The molecular weight excluding hydrogens is 337 g/mol. The predicted octanol–water partition coefficient (Wildman–Crippen LogP) is 2.65. The van der Waals surface area contributed by atoms with Gasteiger partial charge in [-0.3, -0.25) is 4.79 Å². The lowest BCUT2D eigenvalue weighted by Gasteiger charge is -2.05. The standard InChI is InChI=1S/C14H12FN5OS2/c15-10-3-1-4-11(7-10)16-13(21)9-23-14-17-18-19-20(14)8-12-5-2-6-22-12/h1-7H,8-9H2,(H,16,21). The lowest BCUT2D eigenvalue weighted by molar-refractivity contribution is -0.113. The van der Waals surface area contributed by atoms with Crippen molar-refractivity contribution in [2.75, 3.05) is 11.1 Å². The van der Waals surface area contributed by atoms with Crippen LogP contribution in [0.2, 0.25) is 0 Å². The number of thiophene rings is 1. The Balaban J connectivity index is 1.56. The maximum Gasteiger partial charge on any atom is 0.234 e. The second-order valence-corrected chi connectivity index (χ2v) is 6.52. The van der Waals surface area contributed by atoms with E-state index >= 15 is 0 Å². The van der Waals surface area contributed by atoms with E-state index in [9.17, 15) is 9.18 Å². The SMILES string of the molecule is O=C(CSc1nnnn1Cc1cccs1)Nc1cccc(F)c1. The van der Waals surface area contributed by atoms with Crippen LogP contribution in [0.15, 0.2) is 46.9 Å². The minimum Gasteiger partial charge on any atom is -0.325 e. The van der Waals surface area contributed by atoms with E-state index < -0.39 is 5.82 Å². The van der Waals surface area contributed by atoms with Crippen LogP contribution in [0.4, 0.5) is 10.1 Å². The number of benzene rings is 1. The third-order valence-corrected chi connectivity index (χ3v) is 4.64. The summed E-state index contributed by atoms with van der Waals surface area (Å²) in [5.41, 5.74) is 0.425. The molecule has 2 heterocycles. The van der Waals surface area contributed by atoms with Crippen LogP contribution >= 0.6 is 23.1 Å². The Labute approximate surface area is 139 Å². The van der Waals surface area contributed by atoms with Crippen LogP contribution in [0.3, 0.4) is 0 Å². The Morgan fingerprint density at radius 1 is 1.35 bits per heavy atom. The normalized spacial score (nSPS) is 10.7. The van der Waals surface area contributed by atoms with E-state index in [1.165, 1.54) is 23.9 Å². The van der Waals surface area contributed by atoms with Crippen LogP contribution in [0.5, 0.6) is 0 Å². The highest BCUT2D eigenvalue weighted by molar-refractivity contribution is 7.99. The molecule has 3 aromatic rings. The number of nitrogens with one attached hydrogen (secondary N) is 1. The second kappa shape index (κ2) is 7.34. The molecule has 1 aromatic carbocycles. The summed E-state index contributed by atoms with van der Waals surface area (Å²) in [7, 11) is 0. The Bertz CT molecular complexity index is 790. The molecule has 0 unspecified atom stereocenters. The van der Waals surface area contributed by atoms with Crippen molar-refractivity contribution in [3.63, 3.8) is 0 Å². The first kappa shape index (κ1) is 15.6. The van der Waals surface area contributed by atoms with Crippen molar-refractivity contribution >= 4 is 34.7 Å². The van der Waals surface area contributed by atoms with Crippen LogP contribution in [0, 0.1) is 5.82 Å². The molecule has 0 saturated carbocycles. The van der Waals surface area contributed by atoms with E-state index in [0.29, 0.717) is 17.4 Å². The van der Waals surface area contributed by atoms with E-state index in [1.54, 1.807) is 28.2 Å². The number of amides is 1. The van der Waals surface area contributed by atoms with Crippen LogP contribution < -0.4 is 5.32 Å². The average molecular weight is 349 g/mol. The lowest BCUT2D eigenvalue weighted by atomic mass is 10.3. The summed E-state index contributed by atoms with van der Waals surface area (Å²) in [6, 6.07) is 9.72. The third-order valence-electron chi connectivity index (χ3n) is 2.83. The summed E-state index contributed by atoms with van der Waals surface area (Å²) >= 11 is 2.85. The van der Waals surface area contributed by atoms with Crippen LogP contribution in [-0.2, 0) is 11.3 Å². The number of carbonyl (C=O) groups excluding carboxylic acids is 1. The molecule has 0 aliphatic heterocycles. The number of anilines is 1. The first-order chi connectivity index (χ1) is 11.2. The molecule has 0 spiro atoms. The molecule has 0 radical (unpaired) electrons. The zero-order valence-electron chi connectivity index (χ0n) is 11.8. The van der Waals surface area contributed by atoms with Gasteiger partial charge in [-0.15, -0.1) is 16.4 Å². The number of tetrazole rings is 1. The first-order valence-electron chi connectivity index (χ1n) is 6.67. The molecule has 1 amide bonds. The van der Waals surface area contributed by atoms with Gasteiger partial charge in [0.2, 0.25) is 11.1 Å². The number of hydrogen-bond acceptors (Lipinski definition) is 6. The highest BCUT2D eigenvalue weighted by Crippen LogP contribution is 2.17. The largest absolute Gasteiger partial charge is 0.325 e. The molecule has 118 valence electrons. The van der Waals surface area contributed by atoms with Crippen molar-refractivity contribution in [3.05, 3.63) is 52.5 Å². The van der Waals surface area contributed by atoms with E-state index in [1.807, 2.05) is 17.5 Å². The maximum atomic E-state index is 13.1. The number of nitrogens with zero attached hydrogens (tertiary/aromatic N) is 4. The third kappa shape index (κ3) is 4.36. The summed E-state index contributed by atoms with van der Waals surface area (Å²) in [6.45, 7) is 0.568. The number of rotatable bonds is 6. The van der Waals surface area contributed by atoms with Gasteiger partial charge < -0.3 is 5.32 Å². The predicted molar refractivity (Wildman–Crippen MR) is 87.0 cm³/mol. The highest BCUT2D eigenvalue weighted by atomic mass is 32.2. The van der Waals surface area contributed by atoms with Gasteiger partial charge in [0.1, 0.15) is 5.82 Å². The molecule has 1 N–H and O–H groups in total. The Kier molecular flexibility index (Phi) is 4.99. The van der Waals surface area contributed by atoms with Gasteiger partial charge in [0.15, 0.2) is 0 Å². The van der Waals surface area contributed by atoms with Gasteiger partial charge in [0, 0.05) is 10.6 Å². The quantitative estimate of drug-likeness (QED) is 0.693. The van der Waals surface area contributed by atoms with Gasteiger partial charge in [-0.25, -0.2) is 9.07 Å². The molecule has 23 heavy (non-hydrogen) atoms. The molecule has 3 rings (SSSR count). The van der Waals surface area contributed by atoms with E-state index in [-0.39, 0.29) is 11.7 Å². The van der Waals surface area contributed by atoms with Crippen molar-refractivity contribution in [2.24, 2.45) is 0 Å². The molecule has 2 aromatic heterocycles. The molecule has 0 aliphatic carbocycles. The van der Waals surface area contributed by atoms with Crippen molar-refractivity contribution in [2.45, 2.75) is 11.7 Å². The van der Waals surface area contributed by atoms with Crippen molar-refractivity contribution in [1.29, 1.82) is 0 Å². The minimum atomic E-state index is -0.393. The second-order valence-electron chi connectivity index (χ2n) is 4.55. The zero-order chi connectivity index (χ0) is 16.1. The van der Waals surface area contributed by atoms with E-state index in [0.717, 1.165) is 4.88 Å². The molecular formula is C14H12FN5OS2. The molecule has 9 heteroatoms. The van der Waals surface area contributed by atoms with Gasteiger partial charge in [0.25, 0.3) is 0 Å². The summed E-state index contributed by atoms with van der Waals surface area (Å²) in [4.78, 5) is 13.0. The highest BCUT2D eigenvalue weighted by Gasteiger charge is 2.11. The van der Waals surface area contributed by atoms with Crippen molar-refractivity contribution in [1.82, 2.24) is 20.2 Å². The molecule has 0 aliphatic rings. The summed E-state index contributed by atoms with van der Waals surface area (Å²) in [5, 5.41) is 16.7. The number of thioether (sulfide) groups is 1. The Hall–Kier alpha value is -2.26. The molecule has 6 nitrogen and oxygen atoms in total. The van der Waals surface area contributed by atoms with E-state index in [4.69, 9.17) is 0 Å². The fourth-order valence-electron chi connectivity index (χ4n) is 1.84. The Morgan fingerprint density at radius 3 is 3.04 bits per heavy atom. The van der Waals surface area contributed by atoms with Gasteiger partial charge in [-0.05, 0) is 40.1 Å². The summed E-state index contributed by atoms with van der Waals surface area (Å²) in [6.07, 6.45) is 0. The smallest absolute Gasteiger partial charge is 0.234 e. The average Bonchev–Trinajstić information content (AvgIpc) is 3.18. The maximum absolute atomic E-state index is 13.1. The molecule has 0 bridgehead atoms. The molecule has 0 saturated heterocycles. The van der Waals surface area contributed by atoms with Crippen molar-refractivity contribution < 1.29 is 9.18 Å². The topological polar surface area (TPSA) is 72.7 Å². The van der Waals surface area contributed by atoms with Gasteiger partial charge in [0.05, 0.1) is 12.3 Å². The van der Waals surface area contributed by atoms with Crippen molar-refractivity contribution in [3.8, 4) is 0 Å². The van der Waals surface area contributed by atoms with Crippen LogP contribution in [0.1, 0.15) is 4.88 Å². The first-order valence-corrected chi connectivity index (χ1v) is 8.54. The minimum absolute atomic E-state index is 0.140. The molecule has 0 fully saturated rings. The summed E-state index contributed by atoms with van der Waals surface area (Å²) in [5.74, 6) is -0.497. The monoisotopic (exact) mass is 349 g/mol. The number of hydrogen-bond donors (Lipinski definition) is 1. The molecule has 0 atom stereocenters. The van der Waals surface area contributed by atoms with Gasteiger partial charge in [-0.1, -0.05) is 23.9 Å². The zero-order valence-corrected chi connectivity index (χ0v) is 13.5. The number of halogens is 1.